The summed E-state index contributed by atoms with van der Waals surface area (Å²) in [5.74, 6) is -0.514. The molecule has 7 nitrogen and oxygen atoms in total. The van der Waals surface area contributed by atoms with Gasteiger partial charge in [-0.15, -0.1) is 0 Å². The molecule has 14 heteroatoms. The second-order valence-corrected chi connectivity index (χ2v) is 9.67. The van der Waals surface area contributed by atoms with Gasteiger partial charge in [0.05, 0.1) is 39.1 Å². The Labute approximate surface area is 194 Å². The lowest BCUT2D eigenvalue weighted by molar-refractivity contribution is -0.141. The molecular weight excluding hydrogens is 500 g/mol. The number of hydrogen-bond donors (Lipinski definition) is 0. The van der Waals surface area contributed by atoms with E-state index >= 15 is 0 Å². The first-order chi connectivity index (χ1) is 16.2. The Morgan fingerprint density at radius 2 is 1.66 bits per heavy atom. The molecule has 35 heavy (non-hydrogen) atoms. The van der Waals surface area contributed by atoms with Crippen LogP contribution in [0.5, 0.6) is 0 Å². The zero-order valence-corrected chi connectivity index (χ0v) is 18.8. The van der Waals surface area contributed by atoms with Gasteiger partial charge in [-0.1, -0.05) is 6.92 Å². The van der Waals surface area contributed by atoms with Crippen LogP contribution < -0.4 is 0 Å². The summed E-state index contributed by atoms with van der Waals surface area (Å²) < 4.78 is 107. The first-order valence-electron chi connectivity index (χ1n) is 9.89. The Balaban J connectivity index is 1.97. The molecule has 4 aromatic heterocycles. The Morgan fingerprint density at radius 3 is 2.29 bits per heavy atom. The van der Waals surface area contributed by atoms with Crippen LogP contribution in [0.15, 0.2) is 47.8 Å². The van der Waals surface area contributed by atoms with Crippen LogP contribution in [0.4, 0.5) is 26.3 Å². The summed E-state index contributed by atoms with van der Waals surface area (Å²) in [6.45, 7) is 1.34. The Hall–Kier alpha value is -3.55. The average Bonchev–Trinajstić information content (AvgIpc) is 3.13. The first-order valence-corrected chi connectivity index (χ1v) is 11.5. The van der Waals surface area contributed by atoms with Crippen LogP contribution in [0.2, 0.25) is 0 Å². The Kier molecular flexibility index (Phi) is 5.82. The molecule has 0 aliphatic carbocycles. The van der Waals surface area contributed by atoms with E-state index in [2.05, 4.69) is 19.9 Å². The van der Waals surface area contributed by atoms with Crippen LogP contribution in [-0.2, 0) is 29.2 Å². The van der Waals surface area contributed by atoms with Crippen molar-refractivity contribution in [1.29, 1.82) is 0 Å². The van der Waals surface area contributed by atoms with Crippen molar-refractivity contribution < 1.29 is 34.8 Å². The Morgan fingerprint density at radius 1 is 0.943 bits per heavy atom. The SMILES string of the molecule is CCS(=O)(=O)c1cc(-c2ncccc2C(F)(F)F)cnc1-c1nc2cc(C(F)(F)F)ncc2n1C. The van der Waals surface area contributed by atoms with Gasteiger partial charge in [0.15, 0.2) is 15.7 Å². The van der Waals surface area contributed by atoms with Crippen LogP contribution in [0, 0.1) is 0 Å². The number of nitrogens with zero attached hydrogens (tertiary/aromatic N) is 5. The number of aromatic nitrogens is 5. The van der Waals surface area contributed by atoms with E-state index in [9.17, 15) is 34.8 Å². The maximum absolute atomic E-state index is 13.5. The van der Waals surface area contributed by atoms with E-state index in [1.807, 2.05) is 0 Å². The molecule has 0 atom stereocenters. The second kappa shape index (κ2) is 8.29. The van der Waals surface area contributed by atoms with Crippen molar-refractivity contribution in [2.24, 2.45) is 7.05 Å². The molecule has 0 radical (unpaired) electrons. The summed E-state index contributed by atoms with van der Waals surface area (Å²) in [5, 5.41) is 0. The molecule has 0 saturated heterocycles. The van der Waals surface area contributed by atoms with Gasteiger partial charge < -0.3 is 4.57 Å². The predicted octanol–water partition coefficient (Wildman–Crippen LogP) is 4.92. The predicted molar refractivity (Wildman–Crippen MR) is 113 cm³/mol. The van der Waals surface area contributed by atoms with Gasteiger partial charge in [0.1, 0.15) is 11.4 Å². The summed E-state index contributed by atoms with van der Waals surface area (Å²) in [7, 11) is -2.63. The smallest absolute Gasteiger partial charge is 0.324 e. The molecule has 4 aromatic rings. The maximum atomic E-state index is 13.5. The van der Waals surface area contributed by atoms with Crippen molar-refractivity contribution in [3.8, 4) is 22.8 Å². The number of sulfone groups is 1. The third-order valence-electron chi connectivity index (χ3n) is 5.22. The quantitative estimate of drug-likeness (QED) is 0.359. The number of fused-ring (bicyclic) bond motifs is 1. The molecular formula is C21H15F6N5O2S. The van der Waals surface area contributed by atoms with Crippen LogP contribution >= 0.6 is 0 Å². The van der Waals surface area contributed by atoms with Gasteiger partial charge in [-0.2, -0.15) is 26.3 Å². The molecule has 0 aliphatic rings. The minimum absolute atomic E-state index is 0.100. The molecule has 0 aromatic carbocycles. The van der Waals surface area contributed by atoms with Gasteiger partial charge in [0, 0.05) is 25.0 Å². The fraction of sp³-hybridized carbons (Fsp3) is 0.238. The van der Waals surface area contributed by atoms with E-state index in [1.54, 1.807) is 0 Å². The topological polar surface area (TPSA) is 90.6 Å². The lowest BCUT2D eigenvalue weighted by Gasteiger charge is -2.14. The van der Waals surface area contributed by atoms with Crippen LogP contribution in [0.1, 0.15) is 18.2 Å². The number of aryl methyl sites for hydroxylation is 1. The summed E-state index contributed by atoms with van der Waals surface area (Å²) in [6.07, 6.45) is -6.39. The molecule has 0 N–H and O–H groups in total. The van der Waals surface area contributed by atoms with Crippen LogP contribution in [-0.4, -0.2) is 38.7 Å². The number of imidazole rings is 1. The van der Waals surface area contributed by atoms with Crippen molar-refractivity contribution in [1.82, 2.24) is 24.5 Å². The van der Waals surface area contributed by atoms with E-state index in [0.29, 0.717) is 6.07 Å². The van der Waals surface area contributed by atoms with E-state index in [0.717, 1.165) is 36.8 Å². The molecule has 0 unspecified atom stereocenters. The molecule has 0 saturated carbocycles. The lowest BCUT2D eigenvalue weighted by atomic mass is 10.1. The third kappa shape index (κ3) is 4.45. The summed E-state index contributed by atoms with van der Waals surface area (Å²) >= 11 is 0. The highest BCUT2D eigenvalue weighted by Crippen LogP contribution is 2.38. The monoisotopic (exact) mass is 515 g/mol. The van der Waals surface area contributed by atoms with Crippen molar-refractivity contribution in [2.45, 2.75) is 24.2 Å². The minimum atomic E-state index is -4.76. The van der Waals surface area contributed by atoms with Crippen molar-refractivity contribution in [3.63, 3.8) is 0 Å². The van der Waals surface area contributed by atoms with Gasteiger partial charge in [-0.25, -0.2) is 18.4 Å². The average molecular weight is 515 g/mol. The standard InChI is InChI=1S/C21H15F6N5O2S/c1-3-35(33,34)15-7-11(17-12(20(22,23)24)5-4-6-28-17)9-30-18(15)19-31-13-8-16(21(25,26)27)29-10-14(13)32(19)2/h4-10H,3H2,1-2H3. The highest BCUT2D eigenvalue weighted by molar-refractivity contribution is 7.91. The molecule has 0 spiro atoms. The molecule has 0 bridgehead atoms. The summed E-state index contributed by atoms with van der Waals surface area (Å²) in [4.78, 5) is 14.9. The zero-order valence-electron chi connectivity index (χ0n) is 18.0. The summed E-state index contributed by atoms with van der Waals surface area (Å²) in [6, 6.07) is 3.63. The zero-order chi connectivity index (χ0) is 25.8. The van der Waals surface area contributed by atoms with Gasteiger partial charge in [0.2, 0.25) is 0 Å². The van der Waals surface area contributed by atoms with E-state index < -0.39 is 49.8 Å². The van der Waals surface area contributed by atoms with Crippen LogP contribution in [0.25, 0.3) is 33.8 Å². The molecule has 0 aliphatic heterocycles. The largest absolute Gasteiger partial charge is 0.433 e. The molecule has 184 valence electrons. The number of hydrogen-bond acceptors (Lipinski definition) is 6. The second-order valence-electron chi connectivity index (χ2n) is 7.42. The highest BCUT2D eigenvalue weighted by Gasteiger charge is 2.35. The number of alkyl halides is 6. The Bertz CT molecular complexity index is 1540. The van der Waals surface area contributed by atoms with Crippen molar-refractivity contribution >= 4 is 20.9 Å². The van der Waals surface area contributed by atoms with Crippen molar-refractivity contribution in [3.05, 3.63) is 54.1 Å². The lowest BCUT2D eigenvalue weighted by Crippen LogP contribution is -2.11. The van der Waals surface area contributed by atoms with Crippen LogP contribution in [0.3, 0.4) is 0 Å². The van der Waals surface area contributed by atoms with Gasteiger partial charge in [-0.05, 0) is 24.3 Å². The molecule has 0 fully saturated rings. The molecule has 0 amide bonds. The fourth-order valence-corrected chi connectivity index (χ4v) is 4.51. The number of rotatable bonds is 4. The summed E-state index contributed by atoms with van der Waals surface area (Å²) in [5.41, 5.74) is -3.16. The van der Waals surface area contributed by atoms with Gasteiger partial charge in [0.25, 0.3) is 0 Å². The fourth-order valence-electron chi connectivity index (χ4n) is 3.45. The molecule has 4 rings (SSSR count). The minimum Gasteiger partial charge on any atom is -0.324 e. The molecule has 4 heterocycles. The first kappa shape index (κ1) is 24.6. The normalized spacial score (nSPS) is 12.9. The van der Waals surface area contributed by atoms with Gasteiger partial charge >= 0.3 is 12.4 Å². The van der Waals surface area contributed by atoms with E-state index in [4.69, 9.17) is 0 Å². The van der Waals surface area contributed by atoms with Crippen molar-refractivity contribution in [2.75, 3.05) is 5.75 Å². The highest BCUT2D eigenvalue weighted by atomic mass is 32.2. The van der Waals surface area contributed by atoms with E-state index in [-0.39, 0.29) is 28.1 Å². The third-order valence-corrected chi connectivity index (χ3v) is 6.97. The van der Waals surface area contributed by atoms with E-state index in [1.165, 1.54) is 18.5 Å². The maximum Gasteiger partial charge on any atom is 0.433 e. The van der Waals surface area contributed by atoms with Gasteiger partial charge in [-0.3, -0.25) is 9.97 Å². The number of halogens is 6. The number of pyridine rings is 3.